The lowest BCUT2D eigenvalue weighted by Crippen LogP contribution is -2.16. The highest BCUT2D eigenvalue weighted by Gasteiger charge is 2.18. The second-order valence-electron chi connectivity index (χ2n) is 7.22. The fourth-order valence-corrected chi connectivity index (χ4v) is 5.24. The van der Waals surface area contributed by atoms with Crippen molar-refractivity contribution in [1.29, 1.82) is 0 Å². The molecular formula is C22H20N4O4S2. The van der Waals surface area contributed by atoms with E-state index in [1.165, 1.54) is 30.3 Å². The van der Waals surface area contributed by atoms with Gasteiger partial charge in [-0.15, -0.1) is 0 Å². The lowest BCUT2D eigenvalue weighted by molar-refractivity contribution is 0.599. The molecule has 0 spiro atoms. The van der Waals surface area contributed by atoms with Gasteiger partial charge in [0.2, 0.25) is 5.95 Å². The van der Waals surface area contributed by atoms with E-state index in [-0.39, 0.29) is 21.4 Å². The maximum atomic E-state index is 12.8. The van der Waals surface area contributed by atoms with Crippen LogP contribution in [-0.2, 0) is 20.0 Å². The fraction of sp³-hybridized carbons (Fsp3) is 0.0909. The molecule has 0 aliphatic rings. The number of aryl methyl sites for hydroxylation is 2. The van der Waals surface area contributed by atoms with Crippen molar-refractivity contribution in [3.63, 3.8) is 0 Å². The fourth-order valence-electron chi connectivity index (χ4n) is 3.20. The van der Waals surface area contributed by atoms with Crippen LogP contribution in [0.3, 0.4) is 0 Å². The Hall–Kier alpha value is -3.50. The molecule has 0 radical (unpaired) electrons. The number of anilines is 2. The first-order valence-electron chi connectivity index (χ1n) is 9.59. The average Bonchev–Trinajstić information content (AvgIpc) is 2.72. The number of aromatic nitrogens is 2. The van der Waals surface area contributed by atoms with E-state index in [1.54, 1.807) is 32.0 Å². The maximum absolute atomic E-state index is 12.8. The molecule has 8 nitrogen and oxygen atoms in total. The zero-order valence-electron chi connectivity index (χ0n) is 17.3. The number of nitrogens with one attached hydrogen (secondary N) is 2. The van der Waals surface area contributed by atoms with Crippen LogP contribution in [0.25, 0.3) is 10.8 Å². The molecule has 1 heterocycles. The molecule has 32 heavy (non-hydrogen) atoms. The highest BCUT2D eigenvalue weighted by Crippen LogP contribution is 2.23. The predicted octanol–water partition coefficient (Wildman–Crippen LogP) is 3.85. The Morgan fingerprint density at radius 3 is 1.84 bits per heavy atom. The molecule has 0 amide bonds. The molecule has 0 aliphatic heterocycles. The van der Waals surface area contributed by atoms with Gasteiger partial charge in [-0.25, -0.2) is 31.5 Å². The third kappa shape index (κ3) is 4.71. The van der Waals surface area contributed by atoms with Gasteiger partial charge in [0.15, 0.2) is 0 Å². The van der Waals surface area contributed by atoms with Gasteiger partial charge >= 0.3 is 0 Å². The SMILES string of the molecule is Cc1cc(C)nc(NS(=O)(=O)c2ccc(NS(=O)(=O)c3ccc4ccccc4c3)cc2)n1. The van der Waals surface area contributed by atoms with E-state index in [4.69, 9.17) is 0 Å². The van der Waals surface area contributed by atoms with Gasteiger partial charge in [-0.3, -0.25) is 4.72 Å². The molecule has 0 bridgehead atoms. The molecule has 0 saturated heterocycles. The summed E-state index contributed by atoms with van der Waals surface area (Å²) in [5.74, 6) is -0.0245. The highest BCUT2D eigenvalue weighted by atomic mass is 32.2. The molecule has 3 aromatic carbocycles. The number of nitrogens with zero attached hydrogens (tertiary/aromatic N) is 2. The van der Waals surface area contributed by atoms with Crippen molar-refractivity contribution in [2.45, 2.75) is 23.6 Å². The van der Waals surface area contributed by atoms with Gasteiger partial charge in [-0.1, -0.05) is 30.3 Å². The predicted molar refractivity (Wildman–Crippen MR) is 124 cm³/mol. The quantitative estimate of drug-likeness (QED) is 0.444. The van der Waals surface area contributed by atoms with E-state index in [1.807, 2.05) is 24.3 Å². The minimum absolute atomic E-state index is 0.0245. The zero-order valence-corrected chi connectivity index (χ0v) is 18.9. The van der Waals surface area contributed by atoms with Gasteiger partial charge in [-0.05, 0) is 67.1 Å². The normalized spacial score (nSPS) is 11.9. The molecule has 10 heteroatoms. The monoisotopic (exact) mass is 468 g/mol. The zero-order chi connectivity index (χ0) is 22.9. The number of hydrogen-bond donors (Lipinski definition) is 2. The summed E-state index contributed by atoms with van der Waals surface area (Å²) in [5.41, 5.74) is 1.50. The molecular weight excluding hydrogens is 448 g/mol. The summed E-state index contributed by atoms with van der Waals surface area (Å²) in [6.07, 6.45) is 0. The van der Waals surface area contributed by atoms with Crippen molar-refractivity contribution in [1.82, 2.24) is 9.97 Å². The third-order valence-corrected chi connectivity index (χ3v) is 7.38. The van der Waals surface area contributed by atoms with Crippen molar-refractivity contribution in [3.8, 4) is 0 Å². The molecule has 1 aromatic heterocycles. The summed E-state index contributed by atoms with van der Waals surface area (Å²) in [5, 5.41) is 1.73. The third-order valence-electron chi connectivity index (χ3n) is 4.66. The summed E-state index contributed by atoms with van der Waals surface area (Å²) < 4.78 is 55.6. The maximum Gasteiger partial charge on any atom is 0.264 e. The van der Waals surface area contributed by atoms with Gasteiger partial charge in [0.05, 0.1) is 9.79 Å². The van der Waals surface area contributed by atoms with Gasteiger partial charge in [0.25, 0.3) is 20.0 Å². The van der Waals surface area contributed by atoms with Crippen LogP contribution in [0.2, 0.25) is 0 Å². The Bertz CT molecular complexity index is 1500. The van der Waals surface area contributed by atoms with Gasteiger partial charge in [-0.2, -0.15) is 0 Å². The molecule has 164 valence electrons. The first-order valence-corrected chi connectivity index (χ1v) is 12.6. The summed E-state index contributed by atoms with van der Waals surface area (Å²) in [7, 11) is -7.78. The number of hydrogen-bond acceptors (Lipinski definition) is 6. The lowest BCUT2D eigenvalue weighted by Gasteiger charge is -2.11. The Labute approximate surface area is 186 Å². The van der Waals surface area contributed by atoms with Crippen molar-refractivity contribution < 1.29 is 16.8 Å². The standard InChI is InChI=1S/C22H20N4O4S2/c1-15-13-16(2)24-22(23-15)26-31(27,28)20-11-8-19(9-12-20)25-32(29,30)21-10-7-17-5-3-4-6-18(17)14-21/h3-14,25H,1-2H3,(H,23,24,26). The van der Waals surface area contributed by atoms with E-state index >= 15 is 0 Å². The largest absolute Gasteiger partial charge is 0.280 e. The van der Waals surface area contributed by atoms with Gasteiger partial charge in [0, 0.05) is 17.1 Å². The van der Waals surface area contributed by atoms with Crippen LogP contribution < -0.4 is 9.44 Å². The van der Waals surface area contributed by atoms with Gasteiger partial charge in [0.1, 0.15) is 0 Å². The van der Waals surface area contributed by atoms with Gasteiger partial charge < -0.3 is 0 Å². The first kappa shape index (κ1) is 21.7. The molecule has 0 fully saturated rings. The molecule has 2 N–H and O–H groups in total. The molecule has 4 aromatic rings. The Balaban J connectivity index is 1.54. The summed E-state index contributed by atoms with van der Waals surface area (Å²) >= 11 is 0. The average molecular weight is 469 g/mol. The van der Waals surface area contributed by atoms with E-state index in [9.17, 15) is 16.8 Å². The number of benzene rings is 3. The van der Waals surface area contributed by atoms with Crippen LogP contribution in [-0.4, -0.2) is 26.8 Å². The highest BCUT2D eigenvalue weighted by molar-refractivity contribution is 7.93. The van der Waals surface area contributed by atoms with Crippen molar-refractivity contribution in [3.05, 3.63) is 84.2 Å². The number of sulfonamides is 2. The Morgan fingerprint density at radius 1 is 0.625 bits per heavy atom. The van der Waals surface area contributed by atoms with Crippen molar-refractivity contribution >= 4 is 42.5 Å². The van der Waals surface area contributed by atoms with Crippen LogP contribution in [0, 0.1) is 13.8 Å². The molecule has 0 aliphatic carbocycles. The molecule has 0 saturated carbocycles. The minimum atomic E-state index is -3.94. The van der Waals surface area contributed by atoms with Crippen molar-refractivity contribution in [2.75, 3.05) is 9.44 Å². The summed E-state index contributed by atoms with van der Waals surface area (Å²) in [6, 6.07) is 19.4. The van der Waals surface area contributed by atoms with Crippen molar-refractivity contribution in [2.24, 2.45) is 0 Å². The van der Waals surface area contributed by atoms with Crippen LogP contribution >= 0.6 is 0 Å². The Kier molecular flexibility index (Phi) is 5.57. The Morgan fingerprint density at radius 2 is 1.19 bits per heavy atom. The lowest BCUT2D eigenvalue weighted by atomic mass is 10.1. The molecule has 0 unspecified atom stereocenters. The molecule has 4 rings (SSSR count). The second-order valence-corrected chi connectivity index (χ2v) is 10.6. The van der Waals surface area contributed by atoms with Crippen LogP contribution in [0.5, 0.6) is 0 Å². The van der Waals surface area contributed by atoms with Crippen LogP contribution in [0.1, 0.15) is 11.4 Å². The van der Waals surface area contributed by atoms with E-state index in [0.717, 1.165) is 10.8 Å². The first-order chi connectivity index (χ1) is 15.1. The number of fused-ring (bicyclic) bond motifs is 1. The smallest absolute Gasteiger partial charge is 0.264 e. The topological polar surface area (TPSA) is 118 Å². The minimum Gasteiger partial charge on any atom is -0.280 e. The van der Waals surface area contributed by atoms with E-state index < -0.39 is 20.0 Å². The van der Waals surface area contributed by atoms with E-state index in [2.05, 4.69) is 19.4 Å². The van der Waals surface area contributed by atoms with E-state index in [0.29, 0.717) is 11.4 Å². The van der Waals surface area contributed by atoms with Crippen LogP contribution in [0.4, 0.5) is 11.6 Å². The second kappa shape index (κ2) is 8.21. The van der Waals surface area contributed by atoms with Crippen LogP contribution in [0.15, 0.2) is 82.6 Å². The summed E-state index contributed by atoms with van der Waals surface area (Å²) in [4.78, 5) is 8.21. The summed E-state index contributed by atoms with van der Waals surface area (Å²) in [6.45, 7) is 3.48. The number of rotatable bonds is 6. The molecule has 0 atom stereocenters.